The zero-order valence-corrected chi connectivity index (χ0v) is 12.0. The molecule has 1 aliphatic rings. The quantitative estimate of drug-likeness (QED) is 0.859. The van der Waals surface area contributed by atoms with Crippen molar-refractivity contribution in [2.75, 3.05) is 18.6 Å². The Morgan fingerprint density at radius 1 is 1.45 bits per heavy atom. The van der Waals surface area contributed by atoms with Crippen LogP contribution in [0.25, 0.3) is 0 Å². The molecule has 1 aromatic heterocycles. The maximum atomic E-state index is 5.89. The summed E-state index contributed by atoms with van der Waals surface area (Å²) in [5.74, 6) is 2.78. The van der Waals surface area contributed by atoms with Gasteiger partial charge in [-0.05, 0) is 19.1 Å². The molecule has 0 amide bonds. The van der Waals surface area contributed by atoms with E-state index >= 15 is 0 Å². The Labute approximate surface area is 118 Å². The number of imidazole rings is 1. The van der Waals surface area contributed by atoms with Gasteiger partial charge in [-0.15, -0.1) is 0 Å². The number of fused-ring (bicyclic) bond motifs is 1. The van der Waals surface area contributed by atoms with E-state index in [2.05, 4.69) is 16.8 Å². The maximum Gasteiger partial charge on any atom is 0.143 e. The SMILES string of the molecule is COc1ccc2c(c1)N(Cc1nccn1C)CC(C)O2. The number of aryl methyl sites for hydroxylation is 1. The lowest BCUT2D eigenvalue weighted by Crippen LogP contribution is -2.38. The van der Waals surface area contributed by atoms with Crippen molar-refractivity contribution in [1.82, 2.24) is 9.55 Å². The molecule has 1 atom stereocenters. The molecule has 1 aliphatic heterocycles. The van der Waals surface area contributed by atoms with Crippen molar-refractivity contribution in [3.63, 3.8) is 0 Å². The average molecular weight is 273 g/mol. The van der Waals surface area contributed by atoms with Gasteiger partial charge >= 0.3 is 0 Å². The summed E-state index contributed by atoms with van der Waals surface area (Å²) in [5, 5.41) is 0. The van der Waals surface area contributed by atoms with Gasteiger partial charge in [-0.25, -0.2) is 4.98 Å². The largest absolute Gasteiger partial charge is 0.497 e. The monoisotopic (exact) mass is 273 g/mol. The lowest BCUT2D eigenvalue weighted by Gasteiger charge is -2.34. The van der Waals surface area contributed by atoms with Crippen molar-refractivity contribution in [3.05, 3.63) is 36.4 Å². The first kappa shape index (κ1) is 12.8. The number of rotatable bonds is 3. The van der Waals surface area contributed by atoms with Crippen molar-refractivity contribution in [1.29, 1.82) is 0 Å². The normalized spacial score (nSPS) is 17.6. The van der Waals surface area contributed by atoms with Gasteiger partial charge in [-0.2, -0.15) is 0 Å². The molecule has 5 heteroatoms. The molecule has 0 saturated carbocycles. The third-order valence-corrected chi connectivity index (χ3v) is 3.57. The van der Waals surface area contributed by atoms with Crippen molar-refractivity contribution in [3.8, 4) is 11.5 Å². The van der Waals surface area contributed by atoms with E-state index in [-0.39, 0.29) is 6.10 Å². The molecule has 20 heavy (non-hydrogen) atoms. The molecule has 106 valence electrons. The Balaban J connectivity index is 1.94. The van der Waals surface area contributed by atoms with E-state index in [1.807, 2.05) is 42.2 Å². The fourth-order valence-electron chi connectivity index (χ4n) is 2.50. The van der Waals surface area contributed by atoms with E-state index in [1.165, 1.54) is 0 Å². The predicted molar refractivity (Wildman–Crippen MR) is 77.3 cm³/mol. The number of methoxy groups -OCH3 is 1. The van der Waals surface area contributed by atoms with Crippen LogP contribution < -0.4 is 14.4 Å². The van der Waals surface area contributed by atoms with Crippen LogP contribution in [0, 0.1) is 0 Å². The lowest BCUT2D eigenvalue weighted by molar-refractivity contribution is 0.211. The summed E-state index contributed by atoms with van der Waals surface area (Å²) in [6, 6.07) is 5.91. The van der Waals surface area contributed by atoms with Gasteiger partial charge in [0.1, 0.15) is 23.4 Å². The van der Waals surface area contributed by atoms with Gasteiger partial charge in [0.25, 0.3) is 0 Å². The van der Waals surface area contributed by atoms with Gasteiger partial charge in [0.05, 0.1) is 25.9 Å². The topological polar surface area (TPSA) is 39.5 Å². The molecule has 3 rings (SSSR count). The maximum absolute atomic E-state index is 5.89. The minimum Gasteiger partial charge on any atom is -0.497 e. The Kier molecular flexibility index (Phi) is 3.26. The van der Waals surface area contributed by atoms with Crippen LogP contribution in [0.2, 0.25) is 0 Å². The molecule has 2 aromatic rings. The lowest BCUT2D eigenvalue weighted by atomic mass is 10.2. The highest BCUT2D eigenvalue weighted by Gasteiger charge is 2.24. The van der Waals surface area contributed by atoms with Gasteiger partial charge < -0.3 is 18.9 Å². The van der Waals surface area contributed by atoms with Crippen molar-refractivity contribution in [2.45, 2.75) is 19.6 Å². The average Bonchev–Trinajstić information content (AvgIpc) is 2.84. The Morgan fingerprint density at radius 3 is 3.00 bits per heavy atom. The number of anilines is 1. The summed E-state index contributed by atoms with van der Waals surface area (Å²) in [6.07, 6.45) is 3.95. The molecule has 5 nitrogen and oxygen atoms in total. The van der Waals surface area contributed by atoms with Crippen LogP contribution in [-0.2, 0) is 13.6 Å². The summed E-state index contributed by atoms with van der Waals surface area (Å²) in [7, 11) is 3.69. The molecule has 1 unspecified atom stereocenters. The van der Waals surface area contributed by atoms with Gasteiger partial charge in [-0.3, -0.25) is 0 Å². The van der Waals surface area contributed by atoms with E-state index in [9.17, 15) is 0 Å². The molecular weight excluding hydrogens is 254 g/mol. The van der Waals surface area contributed by atoms with Crippen LogP contribution in [0.1, 0.15) is 12.7 Å². The predicted octanol–water partition coefficient (Wildman–Crippen LogP) is 2.22. The molecule has 0 aliphatic carbocycles. The first-order chi connectivity index (χ1) is 9.67. The van der Waals surface area contributed by atoms with Gasteiger partial charge in [-0.1, -0.05) is 0 Å². The second kappa shape index (κ2) is 5.07. The second-order valence-corrected chi connectivity index (χ2v) is 5.10. The third-order valence-electron chi connectivity index (χ3n) is 3.57. The molecule has 0 fully saturated rings. The number of aromatic nitrogens is 2. The van der Waals surface area contributed by atoms with E-state index < -0.39 is 0 Å². The zero-order valence-electron chi connectivity index (χ0n) is 12.0. The third kappa shape index (κ3) is 2.31. The fourth-order valence-corrected chi connectivity index (χ4v) is 2.50. The van der Waals surface area contributed by atoms with Gasteiger partial charge in [0.15, 0.2) is 0 Å². The Morgan fingerprint density at radius 2 is 2.30 bits per heavy atom. The minimum absolute atomic E-state index is 0.163. The van der Waals surface area contributed by atoms with Crippen molar-refractivity contribution >= 4 is 5.69 Å². The number of hydrogen-bond acceptors (Lipinski definition) is 4. The summed E-state index contributed by atoms with van der Waals surface area (Å²) in [4.78, 5) is 6.69. The highest BCUT2D eigenvalue weighted by atomic mass is 16.5. The summed E-state index contributed by atoms with van der Waals surface area (Å²) < 4.78 is 13.2. The number of nitrogens with zero attached hydrogens (tertiary/aromatic N) is 3. The van der Waals surface area contributed by atoms with E-state index in [0.717, 1.165) is 36.1 Å². The van der Waals surface area contributed by atoms with Gasteiger partial charge in [0.2, 0.25) is 0 Å². The van der Waals surface area contributed by atoms with E-state index in [0.29, 0.717) is 0 Å². The minimum atomic E-state index is 0.163. The van der Waals surface area contributed by atoms with E-state index in [1.54, 1.807) is 7.11 Å². The molecular formula is C15H19N3O2. The molecule has 0 spiro atoms. The Hall–Kier alpha value is -2.17. The number of ether oxygens (including phenoxy) is 2. The standard InChI is InChI=1S/C15H19N3O2/c1-11-9-18(10-15-16-6-7-17(15)2)13-8-12(19-3)4-5-14(13)20-11/h4-8,11H,9-10H2,1-3H3. The summed E-state index contributed by atoms with van der Waals surface area (Å²) in [5.41, 5.74) is 1.06. The van der Waals surface area contributed by atoms with Crippen LogP contribution in [-0.4, -0.2) is 29.3 Å². The van der Waals surface area contributed by atoms with Crippen LogP contribution in [0.4, 0.5) is 5.69 Å². The smallest absolute Gasteiger partial charge is 0.143 e. The van der Waals surface area contributed by atoms with Crippen LogP contribution >= 0.6 is 0 Å². The number of hydrogen-bond donors (Lipinski definition) is 0. The number of benzene rings is 1. The molecule has 0 saturated heterocycles. The van der Waals surface area contributed by atoms with Crippen LogP contribution in [0.5, 0.6) is 11.5 Å². The first-order valence-electron chi connectivity index (χ1n) is 6.73. The van der Waals surface area contributed by atoms with Gasteiger partial charge in [0, 0.05) is 25.5 Å². The molecule has 1 aromatic carbocycles. The molecule has 2 heterocycles. The van der Waals surface area contributed by atoms with E-state index in [4.69, 9.17) is 9.47 Å². The molecule has 0 bridgehead atoms. The highest BCUT2D eigenvalue weighted by Crippen LogP contribution is 2.37. The highest BCUT2D eigenvalue weighted by molar-refractivity contribution is 5.63. The van der Waals surface area contributed by atoms with Crippen molar-refractivity contribution in [2.24, 2.45) is 7.05 Å². The summed E-state index contributed by atoms with van der Waals surface area (Å²) in [6.45, 7) is 3.68. The molecule has 0 radical (unpaired) electrons. The fraction of sp³-hybridized carbons (Fsp3) is 0.400. The van der Waals surface area contributed by atoms with Crippen LogP contribution in [0.15, 0.2) is 30.6 Å². The Bertz CT molecular complexity index is 609. The molecule has 0 N–H and O–H groups in total. The zero-order chi connectivity index (χ0) is 14.1. The van der Waals surface area contributed by atoms with Crippen molar-refractivity contribution < 1.29 is 9.47 Å². The first-order valence-corrected chi connectivity index (χ1v) is 6.73. The summed E-state index contributed by atoms with van der Waals surface area (Å²) >= 11 is 0. The van der Waals surface area contributed by atoms with Crippen LogP contribution in [0.3, 0.4) is 0 Å². The second-order valence-electron chi connectivity index (χ2n) is 5.10.